The molecule has 26 heavy (non-hydrogen) atoms. The van der Waals surface area contributed by atoms with E-state index in [9.17, 15) is 4.79 Å². The summed E-state index contributed by atoms with van der Waals surface area (Å²) in [6.45, 7) is 4.55. The van der Waals surface area contributed by atoms with Crippen molar-refractivity contribution in [2.45, 2.75) is 31.1 Å². The zero-order chi connectivity index (χ0) is 16.8. The van der Waals surface area contributed by atoms with Crippen LogP contribution in [-0.2, 0) is 14.3 Å². The number of hydrogen-bond donors (Lipinski definition) is 2. The van der Waals surface area contributed by atoms with E-state index in [1.807, 2.05) is 18.2 Å². The van der Waals surface area contributed by atoms with E-state index in [4.69, 9.17) is 15.2 Å². The average molecular weight is 406 g/mol. The molecule has 2 fully saturated rings. The quantitative estimate of drug-likeness (QED) is 0.750. The van der Waals surface area contributed by atoms with E-state index in [1.165, 1.54) is 0 Å². The molecule has 3 N–H and O–H groups in total. The molecule has 1 amide bonds. The van der Waals surface area contributed by atoms with E-state index in [0.717, 1.165) is 51.3 Å². The lowest BCUT2D eigenvalue weighted by Crippen LogP contribution is -2.45. The van der Waals surface area contributed by atoms with Crippen LogP contribution < -0.4 is 11.1 Å². The van der Waals surface area contributed by atoms with Crippen molar-refractivity contribution < 1.29 is 14.3 Å². The van der Waals surface area contributed by atoms with E-state index in [0.29, 0.717) is 6.54 Å². The third-order valence-electron chi connectivity index (χ3n) is 4.73. The number of halogens is 2. The second kappa shape index (κ2) is 11.7. The average Bonchev–Trinajstić information content (AvgIpc) is 3.12. The van der Waals surface area contributed by atoms with Crippen molar-refractivity contribution in [2.75, 3.05) is 39.4 Å². The molecule has 2 aliphatic rings. The summed E-state index contributed by atoms with van der Waals surface area (Å²) in [5, 5.41) is 3.18. The third-order valence-corrected chi connectivity index (χ3v) is 4.73. The minimum atomic E-state index is -0.380. The molecule has 2 saturated heterocycles. The fourth-order valence-electron chi connectivity index (χ4n) is 3.30. The monoisotopic (exact) mass is 405 g/mol. The van der Waals surface area contributed by atoms with Gasteiger partial charge in [-0.05, 0) is 18.4 Å². The molecule has 8 heteroatoms. The highest BCUT2D eigenvalue weighted by Gasteiger charge is 2.31. The van der Waals surface area contributed by atoms with Gasteiger partial charge in [0, 0.05) is 26.2 Å². The Balaban J connectivity index is 0.00000169. The molecule has 2 aliphatic heterocycles. The molecule has 0 aromatic heterocycles. The number of hydrogen-bond acceptors (Lipinski definition) is 5. The summed E-state index contributed by atoms with van der Waals surface area (Å²) in [4.78, 5) is 14.9. The number of nitrogens with two attached hydrogens (primary N) is 1. The molecule has 2 heterocycles. The van der Waals surface area contributed by atoms with E-state index >= 15 is 0 Å². The minimum Gasteiger partial charge on any atom is -0.379 e. The van der Waals surface area contributed by atoms with Gasteiger partial charge in [0.05, 0.1) is 25.4 Å². The van der Waals surface area contributed by atoms with Gasteiger partial charge in [0.25, 0.3) is 0 Å². The van der Waals surface area contributed by atoms with Crippen LogP contribution in [-0.4, -0.2) is 62.4 Å². The first-order valence-electron chi connectivity index (χ1n) is 8.77. The molecule has 148 valence electrons. The molecule has 0 aliphatic carbocycles. The summed E-state index contributed by atoms with van der Waals surface area (Å²) in [6, 6.07) is 10.1. The van der Waals surface area contributed by atoms with Crippen LogP contribution in [0.5, 0.6) is 0 Å². The molecule has 3 rings (SSSR count). The molecule has 1 aromatic rings. The molecule has 0 spiro atoms. The van der Waals surface area contributed by atoms with Gasteiger partial charge in [-0.1, -0.05) is 30.3 Å². The number of carbonyl (C=O) groups excluding carboxylic acids is 1. The molecule has 0 bridgehead atoms. The molecule has 0 radical (unpaired) electrons. The standard InChI is InChI=1S/C18H27N3O3.2ClH/c19-12-15-6-7-17(24-15)18(22)20-16(14-4-2-1-3-5-14)13-21-8-10-23-11-9-21;;/h1-5,15-17H,6-13,19H2,(H,20,22);2*1H/t15-,16?,17+;;/m1../s1. The Morgan fingerprint density at radius 3 is 2.50 bits per heavy atom. The third kappa shape index (κ3) is 6.37. The number of carbonyl (C=O) groups is 1. The zero-order valence-electron chi connectivity index (χ0n) is 14.8. The number of amides is 1. The van der Waals surface area contributed by atoms with Gasteiger partial charge in [-0.15, -0.1) is 24.8 Å². The van der Waals surface area contributed by atoms with Crippen LogP contribution >= 0.6 is 24.8 Å². The van der Waals surface area contributed by atoms with Gasteiger partial charge in [0.15, 0.2) is 0 Å². The maximum Gasteiger partial charge on any atom is 0.249 e. The van der Waals surface area contributed by atoms with Crippen LogP contribution in [0, 0.1) is 0 Å². The summed E-state index contributed by atoms with van der Waals surface area (Å²) in [6.07, 6.45) is 1.23. The molecular weight excluding hydrogens is 377 g/mol. The fourth-order valence-corrected chi connectivity index (χ4v) is 3.30. The normalized spacial score (nSPS) is 24.2. The molecule has 0 saturated carbocycles. The molecule has 1 unspecified atom stereocenters. The lowest BCUT2D eigenvalue weighted by Gasteiger charge is -2.31. The Labute approximate surface area is 167 Å². The van der Waals surface area contributed by atoms with Gasteiger partial charge in [0.2, 0.25) is 5.91 Å². The second-order valence-electron chi connectivity index (χ2n) is 6.44. The number of nitrogens with one attached hydrogen (secondary N) is 1. The first-order chi connectivity index (χ1) is 11.8. The number of morpholine rings is 1. The van der Waals surface area contributed by atoms with Crippen LogP contribution in [0.15, 0.2) is 30.3 Å². The van der Waals surface area contributed by atoms with E-state index < -0.39 is 0 Å². The van der Waals surface area contributed by atoms with Gasteiger partial charge >= 0.3 is 0 Å². The van der Waals surface area contributed by atoms with Crippen LogP contribution in [0.1, 0.15) is 24.4 Å². The highest BCUT2D eigenvalue weighted by atomic mass is 35.5. The lowest BCUT2D eigenvalue weighted by atomic mass is 10.1. The topological polar surface area (TPSA) is 76.8 Å². The Hall–Kier alpha value is -0.890. The summed E-state index contributed by atoms with van der Waals surface area (Å²) in [5.74, 6) is -0.0342. The van der Waals surface area contributed by atoms with Crippen LogP contribution in [0.25, 0.3) is 0 Å². The molecule has 3 atom stereocenters. The summed E-state index contributed by atoms with van der Waals surface area (Å²) >= 11 is 0. The smallest absolute Gasteiger partial charge is 0.249 e. The van der Waals surface area contributed by atoms with Crippen molar-refractivity contribution >= 4 is 30.7 Å². The predicted molar refractivity (Wildman–Crippen MR) is 106 cm³/mol. The Kier molecular flexibility index (Phi) is 10.5. The SMILES string of the molecule is Cl.Cl.NC[C@H]1CC[C@@H](C(=O)NC(CN2CCOCC2)c2ccccc2)O1. The number of rotatable bonds is 6. The number of ether oxygens (including phenoxy) is 2. The van der Waals surface area contributed by atoms with Gasteiger partial charge in [0.1, 0.15) is 6.10 Å². The highest BCUT2D eigenvalue weighted by Crippen LogP contribution is 2.21. The van der Waals surface area contributed by atoms with Crippen molar-refractivity contribution in [3.63, 3.8) is 0 Å². The zero-order valence-corrected chi connectivity index (χ0v) is 16.5. The first-order valence-corrected chi connectivity index (χ1v) is 8.77. The van der Waals surface area contributed by atoms with E-state index in [-0.39, 0.29) is 49.0 Å². The number of nitrogens with zero attached hydrogens (tertiary/aromatic N) is 1. The molecule has 6 nitrogen and oxygen atoms in total. The van der Waals surface area contributed by atoms with Crippen LogP contribution in [0.2, 0.25) is 0 Å². The van der Waals surface area contributed by atoms with Gasteiger partial charge in [-0.25, -0.2) is 0 Å². The van der Waals surface area contributed by atoms with Crippen molar-refractivity contribution in [3.8, 4) is 0 Å². The van der Waals surface area contributed by atoms with Crippen molar-refractivity contribution in [3.05, 3.63) is 35.9 Å². The van der Waals surface area contributed by atoms with Gasteiger partial charge < -0.3 is 20.5 Å². The second-order valence-corrected chi connectivity index (χ2v) is 6.44. The van der Waals surface area contributed by atoms with Gasteiger partial charge in [-0.3, -0.25) is 9.69 Å². The van der Waals surface area contributed by atoms with Crippen molar-refractivity contribution in [1.29, 1.82) is 0 Å². The highest BCUT2D eigenvalue weighted by molar-refractivity contribution is 5.85. The molecular formula is C18H29Cl2N3O3. The van der Waals surface area contributed by atoms with E-state index in [2.05, 4.69) is 22.3 Å². The van der Waals surface area contributed by atoms with Crippen LogP contribution in [0.4, 0.5) is 0 Å². The summed E-state index contributed by atoms with van der Waals surface area (Å²) in [5.41, 5.74) is 6.75. The van der Waals surface area contributed by atoms with Crippen molar-refractivity contribution in [1.82, 2.24) is 10.2 Å². The maximum absolute atomic E-state index is 12.6. The largest absolute Gasteiger partial charge is 0.379 e. The minimum absolute atomic E-state index is 0. The molecule has 1 aromatic carbocycles. The number of benzene rings is 1. The van der Waals surface area contributed by atoms with Crippen LogP contribution in [0.3, 0.4) is 0 Å². The maximum atomic E-state index is 12.6. The Morgan fingerprint density at radius 2 is 1.88 bits per heavy atom. The summed E-state index contributed by atoms with van der Waals surface area (Å²) in [7, 11) is 0. The van der Waals surface area contributed by atoms with E-state index in [1.54, 1.807) is 0 Å². The summed E-state index contributed by atoms with van der Waals surface area (Å²) < 4.78 is 11.1. The lowest BCUT2D eigenvalue weighted by molar-refractivity contribution is -0.132. The van der Waals surface area contributed by atoms with Gasteiger partial charge in [-0.2, -0.15) is 0 Å². The van der Waals surface area contributed by atoms with Crippen molar-refractivity contribution in [2.24, 2.45) is 5.73 Å². The Bertz CT molecular complexity index is 530. The predicted octanol–water partition coefficient (Wildman–Crippen LogP) is 1.53. The fraction of sp³-hybridized carbons (Fsp3) is 0.611. The first kappa shape index (κ1) is 23.1. The Morgan fingerprint density at radius 1 is 1.19 bits per heavy atom.